The van der Waals surface area contributed by atoms with Crippen LogP contribution < -0.4 is 11.5 Å². The van der Waals surface area contributed by atoms with Crippen LogP contribution in [0.1, 0.15) is 40.1 Å². The molecule has 2 aromatic heterocycles. The molecular weight excluding hydrogens is 416 g/mol. The zero-order chi connectivity index (χ0) is 21.5. The minimum absolute atomic E-state index is 0.808. The van der Waals surface area contributed by atoms with E-state index in [0.717, 1.165) is 24.2 Å². The fourth-order valence-corrected chi connectivity index (χ4v) is 6.59. The number of hydrogen-bond acceptors (Lipinski definition) is 4. The van der Waals surface area contributed by atoms with Crippen LogP contribution in [0.3, 0.4) is 0 Å². The quantitative estimate of drug-likeness (QED) is 0.314. The number of nitrogen functional groups attached to an aromatic ring is 2. The topological polar surface area (TPSA) is 52.0 Å². The summed E-state index contributed by atoms with van der Waals surface area (Å²) in [6.07, 6.45) is 3.53. The predicted octanol–water partition coefficient (Wildman–Crippen LogP) is 8.02. The molecule has 0 aliphatic heterocycles. The standard InChI is InChI=1S/C27H26N2S2/c1-16-24(14-26(30-16)18-6-10-20(28)11-7-18)22-4-3-5-23(22)25-15-27(31-17(25)2)19-8-12-21(29)13-9-19/h6-15H,3-5,28-29H2,1-2H3. The Morgan fingerprint density at radius 3 is 1.39 bits per heavy atom. The predicted molar refractivity (Wildman–Crippen MR) is 138 cm³/mol. The Balaban J connectivity index is 1.55. The molecule has 156 valence electrons. The molecule has 0 saturated heterocycles. The molecule has 0 spiro atoms. The molecule has 1 aliphatic carbocycles. The van der Waals surface area contributed by atoms with Gasteiger partial charge in [-0.25, -0.2) is 0 Å². The van der Waals surface area contributed by atoms with Crippen LogP contribution in [0.15, 0.2) is 60.7 Å². The molecule has 0 bridgehead atoms. The van der Waals surface area contributed by atoms with E-state index in [1.54, 1.807) is 0 Å². The van der Waals surface area contributed by atoms with Crippen LogP contribution >= 0.6 is 22.7 Å². The average Bonchev–Trinajstić information content (AvgIpc) is 3.47. The van der Waals surface area contributed by atoms with Gasteiger partial charge in [-0.15, -0.1) is 22.7 Å². The number of benzene rings is 2. The summed E-state index contributed by atoms with van der Waals surface area (Å²) in [4.78, 5) is 5.42. The molecule has 2 aromatic carbocycles. The maximum Gasteiger partial charge on any atom is 0.0351 e. The summed E-state index contributed by atoms with van der Waals surface area (Å²) in [7, 11) is 0. The van der Waals surface area contributed by atoms with Crippen molar-refractivity contribution in [2.75, 3.05) is 11.5 Å². The molecule has 31 heavy (non-hydrogen) atoms. The molecule has 4 N–H and O–H groups in total. The summed E-state index contributed by atoms with van der Waals surface area (Å²) in [5.41, 5.74) is 21.8. The molecule has 0 saturated carbocycles. The number of nitrogens with two attached hydrogens (primary N) is 2. The van der Waals surface area contributed by atoms with Crippen LogP contribution in [0.2, 0.25) is 0 Å². The summed E-state index contributed by atoms with van der Waals surface area (Å²) in [6, 6.07) is 21.2. The van der Waals surface area contributed by atoms with Crippen molar-refractivity contribution >= 4 is 45.2 Å². The van der Waals surface area contributed by atoms with Gasteiger partial charge in [0.2, 0.25) is 0 Å². The van der Waals surface area contributed by atoms with Gasteiger partial charge >= 0.3 is 0 Å². The van der Waals surface area contributed by atoms with Crippen molar-refractivity contribution in [1.82, 2.24) is 0 Å². The second kappa shape index (κ2) is 8.03. The maximum atomic E-state index is 5.88. The van der Waals surface area contributed by atoms with E-state index in [-0.39, 0.29) is 0 Å². The van der Waals surface area contributed by atoms with Crippen molar-refractivity contribution in [3.8, 4) is 20.9 Å². The van der Waals surface area contributed by atoms with Crippen molar-refractivity contribution in [3.63, 3.8) is 0 Å². The number of rotatable bonds is 4. The number of hydrogen-bond donors (Lipinski definition) is 2. The fraction of sp³-hybridized carbons (Fsp3) is 0.185. The molecular formula is C27H26N2S2. The highest BCUT2D eigenvalue weighted by Gasteiger charge is 2.23. The van der Waals surface area contributed by atoms with E-state index in [4.69, 9.17) is 11.5 Å². The molecule has 2 nitrogen and oxygen atoms in total. The Hall–Kier alpha value is -2.82. The SMILES string of the molecule is Cc1sc(-c2ccc(N)cc2)cc1C1=C(c2cc(-c3ccc(N)cc3)sc2C)CCC1. The normalized spacial score (nSPS) is 13.9. The lowest BCUT2D eigenvalue weighted by molar-refractivity contribution is 0.941. The van der Waals surface area contributed by atoms with Gasteiger partial charge in [0.05, 0.1) is 0 Å². The first-order valence-corrected chi connectivity index (χ1v) is 12.3. The van der Waals surface area contributed by atoms with Gasteiger partial charge in [0, 0.05) is 30.9 Å². The summed E-state index contributed by atoms with van der Waals surface area (Å²) in [6.45, 7) is 4.51. The lowest BCUT2D eigenvalue weighted by atomic mass is 9.96. The minimum atomic E-state index is 0.808. The van der Waals surface area contributed by atoms with Crippen LogP contribution in [0.25, 0.3) is 32.0 Å². The van der Waals surface area contributed by atoms with Gasteiger partial charge in [0.1, 0.15) is 0 Å². The molecule has 4 heteroatoms. The summed E-state index contributed by atoms with van der Waals surface area (Å²) in [5, 5.41) is 0. The van der Waals surface area contributed by atoms with Crippen molar-refractivity contribution in [3.05, 3.63) is 81.5 Å². The Bertz CT molecular complexity index is 1170. The first-order valence-electron chi connectivity index (χ1n) is 10.6. The lowest BCUT2D eigenvalue weighted by Crippen LogP contribution is -1.86. The number of allylic oxidation sites excluding steroid dienone is 2. The summed E-state index contributed by atoms with van der Waals surface area (Å²) in [5.74, 6) is 0. The van der Waals surface area contributed by atoms with Gasteiger partial charge in [-0.2, -0.15) is 0 Å². The molecule has 0 amide bonds. The highest BCUT2D eigenvalue weighted by molar-refractivity contribution is 7.16. The third-order valence-corrected chi connectivity index (χ3v) is 8.29. The monoisotopic (exact) mass is 442 g/mol. The molecule has 5 rings (SSSR count). The van der Waals surface area contributed by atoms with Gasteiger partial charge < -0.3 is 11.5 Å². The van der Waals surface area contributed by atoms with Gasteiger partial charge in [-0.05, 0) is 103 Å². The Kier molecular flexibility index (Phi) is 5.20. The van der Waals surface area contributed by atoms with E-state index in [0.29, 0.717) is 0 Å². The largest absolute Gasteiger partial charge is 0.399 e. The number of thiophene rings is 2. The van der Waals surface area contributed by atoms with Crippen molar-refractivity contribution < 1.29 is 0 Å². The van der Waals surface area contributed by atoms with Crippen molar-refractivity contribution in [1.29, 1.82) is 0 Å². The first-order chi connectivity index (χ1) is 15.0. The molecule has 0 atom stereocenters. The lowest BCUT2D eigenvalue weighted by Gasteiger charge is -2.07. The van der Waals surface area contributed by atoms with E-state index in [1.165, 1.54) is 59.3 Å². The second-order valence-electron chi connectivity index (χ2n) is 8.22. The van der Waals surface area contributed by atoms with E-state index in [9.17, 15) is 0 Å². The summed E-state index contributed by atoms with van der Waals surface area (Å²) >= 11 is 3.76. The van der Waals surface area contributed by atoms with Crippen LogP contribution in [-0.4, -0.2) is 0 Å². The highest BCUT2D eigenvalue weighted by atomic mass is 32.1. The van der Waals surface area contributed by atoms with E-state index in [2.05, 4.69) is 50.2 Å². The third kappa shape index (κ3) is 3.82. The van der Waals surface area contributed by atoms with Gasteiger partial charge in [-0.1, -0.05) is 24.3 Å². The van der Waals surface area contributed by atoms with E-state index in [1.807, 2.05) is 46.9 Å². The van der Waals surface area contributed by atoms with Crippen LogP contribution in [0.4, 0.5) is 11.4 Å². The molecule has 0 radical (unpaired) electrons. The van der Waals surface area contributed by atoms with Crippen LogP contribution in [0, 0.1) is 13.8 Å². The zero-order valence-corrected chi connectivity index (χ0v) is 19.5. The molecule has 0 unspecified atom stereocenters. The minimum Gasteiger partial charge on any atom is -0.399 e. The van der Waals surface area contributed by atoms with Gasteiger partial charge in [-0.3, -0.25) is 0 Å². The molecule has 2 heterocycles. The van der Waals surface area contributed by atoms with E-state index < -0.39 is 0 Å². The number of aryl methyl sites for hydroxylation is 2. The van der Waals surface area contributed by atoms with Crippen LogP contribution in [-0.2, 0) is 0 Å². The number of anilines is 2. The van der Waals surface area contributed by atoms with Crippen LogP contribution in [0.5, 0.6) is 0 Å². The van der Waals surface area contributed by atoms with Crippen molar-refractivity contribution in [2.45, 2.75) is 33.1 Å². The van der Waals surface area contributed by atoms with Crippen molar-refractivity contribution in [2.24, 2.45) is 0 Å². The molecule has 1 aliphatic rings. The highest BCUT2D eigenvalue weighted by Crippen LogP contribution is 2.47. The smallest absolute Gasteiger partial charge is 0.0351 e. The first kappa shape index (κ1) is 20.1. The zero-order valence-electron chi connectivity index (χ0n) is 17.9. The molecule has 0 fully saturated rings. The van der Waals surface area contributed by atoms with E-state index >= 15 is 0 Å². The Morgan fingerprint density at radius 2 is 1.00 bits per heavy atom. The third-order valence-electron chi connectivity index (χ3n) is 6.09. The fourth-order valence-electron chi connectivity index (χ4n) is 4.48. The molecule has 4 aromatic rings. The Morgan fingerprint density at radius 1 is 0.613 bits per heavy atom. The summed E-state index contributed by atoms with van der Waals surface area (Å²) < 4.78 is 0. The Labute approximate surface area is 191 Å². The average molecular weight is 443 g/mol. The van der Waals surface area contributed by atoms with Gasteiger partial charge in [0.25, 0.3) is 0 Å². The second-order valence-corrected chi connectivity index (χ2v) is 10.7. The van der Waals surface area contributed by atoms with Gasteiger partial charge in [0.15, 0.2) is 0 Å². The maximum absolute atomic E-state index is 5.88.